The van der Waals surface area contributed by atoms with E-state index < -0.39 is 5.97 Å². The van der Waals surface area contributed by atoms with Gasteiger partial charge >= 0.3 is 5.97 Å². The molecule has 2 N–H and O–H groups in total. The number of carbonyl (C=O) groups is 2. The van der Waals surface area contributed by atoms with Crippen molar-refractivity contribution in [3.05, 3.63) is 67.2 Å². The average molecular weight is 530 g/mol. The van der Waals surface area contributed by atoms with E-state index in [4.69, 9.17) is 46.4 Å². The topological polar surface area (TPSA) is 71.3 Å². The van der Waals surface area contributed by atoms with Gasteiger partial charge < -0.3 is 15.0 Å². The van der Waals surface area contributed by atoms with Crippen molar-refractivity contribution in [3.63, 3.8) is 0 Å². The van der Waals surface area contributed by atoms with Crippen molar-refractivity contribution in [2.75, 3.05) is 6.54 Å². The minimum atomic E-state index is -0.858. The number of benzene rings is 2. The van der Waals surface area contributed by atoms with Crippen molar-refractivity contribution in [2.45, 2.75) is 32.1 Å². The van der Waals surface area contributed by atoms with Gasteiger partial charge in [0.15, 0.2) is 0 Å². The summed E-state index contributed by atoms with van der Waals surface area (Å²) in [5, 5.41) is 15.0. The van der Waals surface area contributed by atoms with Crippen molar-refractivity contribution in [3.8, 4) is 0 Å². The van der Waals surface area contributed by atoms with Gasteiger partial charge in [0.1, 0.15) is 0 Å². The van der Waals surface area contributed by atoms with Gasteiger partial charge in [0.25, 0.3) is 0 Å². The maximum absolute atomic E-state index is 11.2. The lowest BCUT2D eigenvalue weighted by atomic mass is 9.92. The molecule has 0 aliphatic rings. The van der Waals surface area contributed by atoms with Crippen LogP contribution >= 0.6 is 46.4 Å². The molecule has 1 aromatic heterocycles. The minimum absolute atomic E-state index is 0.0395. The molecule has 9 heteroatoms. The number of aromatic nitrogens is 1. The smallest absolute Gasteiger partial charge is 0.303 e. The Kier molecular flexibility index (Phi) is 8.94. The molecule has 0 fully saturated rings. The third-order valence-corrected chi connectivity index (χ3v) is 7.22. The van der Waals surface area contributed by atoms with Crippen molar-refractivity contribution < 1.29 is 14.7 Å². The van der Waals surface area contributed by atoms with Crippen LogP contribution < -0.4 is 5.32 Å². The molecule has 176 valence electrons. The fraction of sp³-hybridized carbons (Fsp3) is 0.333. The molecular formula is C24H24Cl4N2O3. The van der Waals surface area contributed by atoms with Crippen molar-refractivity contribution in [2.24, 2.45) is 13.0 Å². The van der Waals surface area contributed by atoms with Crippen LogP contribution in [0.2, 0.25) is 20.1 Å². The molecule has 3 aromatic rings. The fourth-order valence-electron chi connectivity index (χ4n) is 4.06. The minimum Gasteiger partial charge on any atom is -0.481 e. The monoisotopic (exact) mass is 528 g/mol. The first-order chi connectivity index (χ1) is 15.7. The Balaban J connectivity index is 1.83. The second-order valence-electron chi connectivity index (χ2n) is 8.05. The molecule has 5 nitrogen and oxygen atoms in total. The summed E-state index contributed by atoms with van der Waals surface area (Å²) in [4.78, 5) is 21.7. The van der Waals surface area contributed by atoms with E-state index in [-0.39, 0.29) is 12.3 Å². The number of nitrogens with one attached hydrogen (secondary N) is 1. The molecule has 0 radical (unpaired) electrons. The highest BCUT2D eigenvalue weighted by atomic mass is 35.5. The van der Waals surface area contributed by atoms with E-state index in [9.17, 15) is 14.7 Å². The Morgan fingerprint density at radius 1 is 1.12 bits per heavy atom. The van der Waals surface area contributed by atoms with Crippen LogP contribution in [0, 0.1) is 5.92 Å². The van der Waals surface area contributed by atoms with Gasteiger partial charge in [-0.25, -0.2) is 0 Å². The van der Waals surface area contributed by atoms with E-state index in [0.717, 1.165) is 27.7 Å². The quantitative estimate of drug-likeness (QED) is 0.219. The molecule has 0 aliphatic heterocycles. The molecule has 0 bridgehead atoms. The first kappa shape index (κ1) is 25.7. The number of halogens is 4. The Hall–Kier alpha value is -1.92. The van der Waals surface area contributed by atoms with Gasteiger partial charge in [0.2, 0.25) is 6.41 Å². The fourth-order valence-corrected chi connectivity index (χ4v) is 5.20. The Morgan fingerprint density at radius 2 is 1.88 bits per heavy atom. The lowest BCUT2D eigenvalue weighted by molar-refractivity contribution is -0.138. The highest BCUT2D eigenvalue weighted by Crippen LogP contribution is 2.35. The highest BCUT2D eigenvalue weighted by Gasteiger charge is 2.18. The number of carboxylic acid groups (broad SMARTS) is 1. The molecule has 0 spiro atoms. The van der Waals surface area contributed by atoms with Crippen LogP contribution in [0.5, 0.6) is 0 Å². The zero-order valence-electron chi connectivity index (χ0n) is 18.0. The van der Waals surface area contributed by atoms with Crippen molar-refractivity contribution in [1.82, 2.24) is 9.88 Å². The maximum atomic E-state index is 11.2. The number of nitrogens with zero attached hydrogens (tertiary/aromatic N) is 1. The van der Waals surface area contributed by atoms with Gasteiger partial charge in [-0.3, -0.25) is 9.59 Å². The van der Waals surface area contributed by atoms with Gasteiger partial charge in [-0.05, 0) is 60.6 Å². The number of carbonyl (C=O) groups excluding carboxylic acids is 1. The number of carboxylic acids is 1. The summed E-state index contributed by atoms with van der Waals surface area (Å²) in [6.07, 6.45) is 3.00. The number of hydrogen-bond donors (Lipinski definition) is 2. The van der Waals surface area contributed by atoms with Gasteiger partial charge in [-0.1, -0.05) is 52.5 Å². The lowest BCUT2D eigenvalue weighted by Gasteiger charge is -2.17. The van der Waals surface area contributed by atoms with Crippen LogP contribution in [-0.4, -0.2) is 28.6 Å². The standard InChI is InChI=1S/C24H24Cl4N2O3/c1-30-17(11-18-21(27)9-16(25)10-22(18)30)12-19-20(26)5-4-15(24(19)28)3-2-14(8-23(32)33)6-7-29-13-31/h4-5,9-11,13-14H,2-3,6-8,12H2,1H3,(H,29,31)(H,32,33). The van der Waals surface area contributed by atoms with E-state index in [1.54, 1.807) is 6.07 Å². The summed E-state index contributed by atoms with van der Waals surface area (Å²) < 4.78 is 2.02. The van der Waals surface area contributed by atoms with Crippen molar-refractivity contribution in [1.29, 1.82) is 0 Å². The first-order valence-electron chi connectivity index (χ1n) is 10.5. The summed E-state index contributed by atoms with van der Waals surface area (Å²) in [6, 6.07) is 9.30. The maximum Gasteiger partial charge on any atom is 0.303 e. The molecule has 0 aliphatic carbocycles. The van der Waals surface area contributed by atoms with Crippen LogP contribution in [0.3, 0.4) is 0 Å². The van der Waals surface area contributed by atoms with Gasteiger partial charge in [-0.2, -0.15) is 0 Å². The van der Waals surface area contributed by atoms with Crippen molar-refractivity contribution >= 4 is 69.7 Å². The van der Waals surface area contributed by atoms with Crippen LogP contribution in [0.15, 0.2) is 30.3 Å². The van der Waals surface area contributed by atoms with E-state index in [1.807, 2.05) is 35.9 Å². The lowest BCUT2D eigenvalue weighted by Crippen LogP contribution is -2.18. The van der Waals surface area contributed by atoms with Gasteiger partial charge in [0, 0.05) is 52.6 Å². The third kappa shape index (κ3) is 6.36. The predicted octanol–water partition coefficient (Wildman–Crippen LogP) is 6.54. The molecule has 0 saturated carbocycles. The van der Waals surface area contributed by atoms with Crippen LogP contribution in [0.4, 0.5) is 0 Å². The van der Waals surface area contributed by atoms with E-state index in [2.05, 4.69) is 5.32 Å². The Morgan fingerprint density at radius 3 is 2.58 bits per heavy atom. The highest BCUT2D eigenvalue weighted by molar-refractivity contribution is 6.38. The SMILES string of the molecule is Cn1c(Cc2c(Cl)ccc(CCC(CCNC=O)CC(=O)O)c2Cl)cc2c(Cl)cc(Cl)cc21. The van der Waals surface area contributed by atoms with Gasteiger partial charge in [0.05, 0.1) is 10.5 Å². The summed E-state index contributed by atoms with van der Waals surface area (Å²) >= 11 is 25.8. The Bertz CT molecular complexity index is 1180. The summed E-state index contributed by atoms with van der Waals surface area (Å²) in [5.74, 6) is -0.932. The largest absolute Gasteiger partial charge is 0.481 e. The number of fused-ring (bicyclic) bond motifs is 1. The second-order valence-corrected chi connectivity index (χ2v) is 9.68. The third-order valence-electron chi connectivity index (χ3n) is 5.86. The number of hydrogen-bond acceptors (Lipinski definition) is 2. The zero-order valence-corrected chi connectivity index (χ0v) is 21.0. The molecule has 3 rings (SSSR count). The zero-order chi connectivity index (χ0) is 24.1. The second kappa shape index (κ2) is 11.5. The van der Waals surface area contributed by atoms with E-state index in [0.29, 0.717) is 58.7 Å². The molecule has 1 heterocycles. The normalized spacial score (nSPS) is 12.2. The molecule has 0 saturated heterocycles. The predicted molar refractivity (Wildman–Crippen MR) is 135 cm³/mol. The Labute approximate surface area is 212 Å². The molecule has 1 atom stereocenters. The number of aryl methyl sites for hydroxylation is 2. The summed E-state index contributed by atoms with van der Waals surface area (Å²) in [6.45, 7) is 0.439. The molecular weight excluding hydrogens is 506 g/mol. The number of amides is 1. The number of aliphatic carboxylic acids is 1. The average Bonchev–Trinajstić information content (AvgIpc) is 3.06. The van der Waals surface area contributed by atoms with Crippen LogP contribution in [0.25, 0.3) is 10.9 Å². The van der Waals surface area contributed by atoms with E-state index >= 15 is 0 Å². The molecule has 33 heavy (non-hydrogen) atoms. The van der Waals surface area contributed by atoms with E-state index in [1.165, 1.54) is 0 Å². The van der Waals surface area contributed by atoms with Crippen LogP contribution in [0.1, 0.15) is 36.1 Å². The van der Waals surface area contributed by atoms with Crippen LogP contribution in [-0.2, 0) is 29.5 Å². The first-order valence-corrected chi connectivity index (χ1v) is 12.0. The summed E-state index contributed by atoms with van der Waals surface area (Å²) in [7, 11) is 1.94. The van der Waals surface area contributed by atoms with Gasteiger partial charge in [-0.15, -0.1) is 0 Å². The molecule has 2 aromatic carbocycles. The summed E-state index contributed by atoms with van der Waals surface area (Å²) in [5.41, 5.74) is 3.63. The molecule has 1 amide bonds. The number of rotatable bonds is 11. The molecule has 1 unspecified atom stereocenters.